The molecule has 0 amide bonds. The highest BCUT2D eigenvalue weighted by Crippen LogP contribution is 2.02. The van der Waals surface area contributed by atoms with Gasteiger partial charge < -0.3 is 4.98 Å². The Kier molecular flexibility index (Phi) is 2.34. The average Bonchev–Trinajstić information content (AvgIpc) is 2.63. The van der Waals surface area contributed by atoms with Crippen molar-refractivity contribution in [1.29, 1.82) is 0 Å². The van der Waals surface area contributed by atoms with Crippen molar-refractivity contribution in [3.8, 4) is 0 Å². The Hall–Kier alpha value is -1.95. The molecule has 0 saturated carbocycles. The summed E-state index contributed by atoms with van der Waals surface area (Å²) >= 11 is 1.40. The van der Waals surface area contributed by atoms with Gasteiger partial charge in [-0.15, -0.1) is 11.3 Å². The van der Waals surface area contributed by atoms with Gasteiger partial charge in [0.1, 0.15) is 5.01 Å². The third-order valence-corrected chi connectivity index (χ3v) is 2.50. The standard InChI is InChI=1S/C9H7N3O2S/c1-5-6(4-7-10-2-3-15-7)8(13)12-9(14)11-5/h2-4H,1H2,(H2,11,12,13,14)/b6-4+. The summed E-state index contributed by atoms with van der Waals surface area (Å²) in [5.41, 5.74) is -1.01. The Morgan fingerprint density at radius 1 is 1.40 bits per heavy atom. The first-order valence-electron chi connectivity index (χ1n) is 4.09. The Balaban J connectivity index is 2.80. The number of hydrogen-bond donors (Lipinski definition) is 2. The van der Waals surface area contributed by atoms with Gasteiger partial charge in [0, 0.05) is 16.9 Å². The SMILES string of the molecule is C=c1[nH]c(=O)[nH]c(=O)/c1=C/c1nccs1. The fraction of sp³-hybridized carbons (Fsp3) is 0. The Bertz CT molecular complexity index is 644. The first kappa shape index (κ1) is 9.60. The topological polar surface area (TPSA) is 78.6 Å². The molecule has 76 valence electrons. The summed E-state index contributed by atoms with van der Waals surface area (Å²) in [4.78, 5) is 30.9. The molecule has 15 heavy (non-hydrogen) atoms. The predicted octanol–water partition coefficient (Wildman–Crippen LogP) is -1.24. The van der Waals surface area contributed by atoms with Crippen LogP contribution in [0, 0.1) is 0 Å². The van der Waals surface area contributed by atoms with Gasteiger partial charge in [0.05, 0.1) is 5.22 Å². The third kappa shape index (κ3) is 1.94. The first-order chi connectivity index (χ1) is 7.16. The van der Waals surface area contributed by atoms with Crippen molar-refractivity contribution in [2.24, 2.45) is 0 Å². The van der Waals surface area contributed by atoms with E-state index in [1.807, 2.05) is 0 Å². The van der Waals surface area contributed by atoms with Gasteiger partial charge in [0.25, 0.3) is 5.56 Å². The van der Waals surface area contributed by atoms with Gasteiger partial charge in [-0.3, -0.25) is 9.78 Å². The van der Waals surface area contributed by atoms with Crippen LogP contribution in [-0.4, -0.2) is 15.0 Å². The molecule has 2 heterocycles. The molecule has 6 heteroatoms. The lowest BCUT2D eigenvalue weighted by molar-refractivity contribution is 0.987. The summed E-state index contributed by atoms with van der Waals surface area (Å²) in [6, 6.07) is 0. The average molecular weight is 221 g/mol. The molecule has 2 aromatic rings. The van der Waals surface area contributed by atoms with Gasteiger partial charge in [0.15, 0.2) is 0 Å². The number of nitrogens with one attached hydrogen (secondary N) is 2. The molecule has 2 rings (SSSR count). The summed E-state index contributed by atoms with van der Waals surface area (Å²) in [6.07, 6.45) is 3.22. The number of aromatic nitrogens is 3. The summed E-state index contributed by atoms with van der Waals surface area (Å²) in [6.45, 7) is 3.59. The van der Waals surface area contributed by atoms with E-state index in [2.05, 4.69) is 21.5 Å². The molecule has 0 aliphatic rings. The fourth-order valence-electron chi connectivity index (χ4n) is 1.13. The molecule has 0 aliphatic heterocycles. The highest BCUT2D eigenvalue weighted by Gasteiger charge is 1.95. The van der Waals surface area contributed by atoms with Crippen LogP contribution in [0.15, 0.2) is 21.2 Å². The molecule has 0 fully saturated rings. The highest BCUT2D eigenvalue weighted by atomic mass is 32.1. The maximum absolute atomic E-state index is 11.4. The van der Waals surface area contributed by atoms with E-state index < -0.39 is 11.2 Å². The summed E-state index contributed by atoms with van der Waals surface area (Å²) in [7, 11) is 0. The molecule has 0 aromatic carbocycles. The lowest BCUT2D eigenvalue weighted by Crippen LogP contribution is -2.47. The lowest BCUT2D eigenvalue weighted by Gasteiger charge is -1.87. The molecular weight excluding hydrogens is 214 g/mol. The zero-order valence-corrected chi connectivity index (χ0v) is 8.43. The smallest absolute Gasteiger partial charge is 0.307 e. The second kappa shape index (κ2) is 3.66. The zero-order valence-electron chi connectivity index (χ0n) is 7.61. The van der Waals surface area contributed by atoms with Crippen LogP contribution in [-0.2, 0) is 0 Å². The van der Waals surface area contributed by atoms with Crippen molar-refractivity contribution in [3.63, 3.8) is 0 Å². The summed E-state index contributed by atoms with van der Waals surface area (Å²) in [5.74, 6) is 0. The van der Waals surface area contributed by atoms with Gasteiger partial charge in [0.2, 0.25) is 0 Å². The van der Waals surface area contributed by atoms with Crippen LogP contribution in [0.25, 0.3) is 12.7 Å². The van der Waals surface area contributed by atoms with Crippen molar-refractivity contribution in [3.05, 3.63) is 48.0 Å². The molecule has 0 radical (unpaired) electrons. The van der Waals surface area contributed by atoms with Crippen molar-refractivity contribution in [2.45, 2.75) is 0 Å². The second-order valence-corrected chi connectivity index (χ2v) is 3.74. The molecule has 2 N–H and O–H groups in total. The quantitative estimate of drug-likeness (QED) is 0.632. The Labute approximate surface area is 87.5 Å². The van der Waals surface area contributed by atoms with Crippen molar-refractivity contribution in [2.75, 3.05) is 0 Å². The number of hydrogen-bond acceptors (Lipinski definition) is 4. The molecule has 2 aromatic heterocycles. The van der Waals surface area contributed by atoms with E-state index >= 15 is 0 Å². The van der Waals surface area contributed by atoms with Gasteiger partial charge in [-0.2, -0.15) is 0 Å². The van der Waals surface area contributed by atoms with Gasteiger partial charge in [-0.25, -0.2) is 9.78 Å². The van der Waals surface area contributed by atoms with Crippen LogP contribution in [0.3, 0.4) is 0 Å². The molecule has 0 spiro atoms. The van der Waals surface area contributed by atoms with E-state index in [-0.39, 0.29) is 0 Å². The molecular formula is C9H7N3O2S. The van der Waals surface area contributed by atoms with E-state index in [9.17, 15) is 9.59 Å². The normalized spacial score (nSPS) is 11.9. The van der Waals surface area contributed by atoms with Gasteiger partial charge >= 0.3 is 5.69 Å². The lowest BCUT2D eigenvalue weighted by atomic mass is 10.4. The van der Waals surface area contributed by atoms with E-state index in [1.54, 1.807) is 17.7 Å². The molecule has 0 atom stereocenters. The van der Waals surface area contributed by atoms with E-state index in [4.69, 9.17) is 0 Å². The largest absolute Gasteiger partial charge is 0.326 e. The second-order valence-electron chi connectivity index (χ2n) is 2.82. The monoisotopic (exact) mass is 221 g/mol. The predicted molar refractivity (Wildman–Crippen MR) is 58.1 cm³/mol. The van der Waals surface area contributed by atoms with Crippen LogP contribution in [0.4, 0.5) is 0 Å². The number of aromatic amines is 2. The first-order valence-corrected chi connectivity index (χ1v) is 4.97. The van der Waals surface area contributed by atoms with Crippen LogP contribution < -0.4 is 21.8 Å². The van der Waals surface area contributed by atoms with Gasteiger partial charge in [-0.05, 0) is 6.08 Å². The third-order valence-electron chi connectivity index (χ3n) is 1.78. The molecule has 0 unspecified atom stereocenters. The van der Waals surface area contributed by atoms with Crippen LogP contribution in [0.5, 0.6) is 0 Å². The zero-order chi connectivity index (χ0) is 10.8. The van der Waals surface area contributed by atoms with Crippen molar-refractivity contribution in [1.82, 2.24) is 15.0 Å². The minimum absolute atomic E-state index is 0.291. The Morgan fingerprint density at radius 3 is 2.80 bits per heavy atom. The minimum atomic E-state index is -0.554. The summed E-state index contributed by atoms with van der Waals surface area (Å²) < 4.78 is 0. The van der Waals surface area contributed by atoms with E-state index in [1.165, 1.54) is 11.3 Å². The van der Waals surface area contributed by atoms with Crippen LogP contribution in [0.1, 0.15) is 5.01 Å². The number of thiazole rings is 1. The van der Waals surface area contributed by atoms with E-state index in [0.717, 1.165) is 0 Å². The molecule has 0 saturated heterocycles. The van der Waals surface area contributed by atoms with Crippen molar-refractivity contribution >= 4 is 24.0 Å². The fourth-order valence-corrected chi connectivity index (χ4v) is 1.69. The molecule has 5 nitrogen and oxygen atoms in total. The molecule has 0 bridgehead atoms. The van der Waals surface area contributed by atoms with E-state index in [0.29, 0.717) is 15.6 Å². The van der Waals surface area contributed by atoms with Crippen LogP contribution >= 0.6 is 11.3 Å². The van der Waals surface area contributed by atoms with Crippen molar-refractivity contribution < 1.29 is 0 Å². The number of H-pyrrole nitrogens is 2. The number of nitrogens with zero attached hydrogens (tertiary/aromatic N) is 1. The number of rotatable bonds is 1. The summed E-state index contributed by atoms with van der Waals surface area (Å²) in [5, 5.41) is 3.11. The molecule has 0 aliphatic carbocycles. The van der Waals surface area contributed by atoms with Crippen LogP contribution in [0.2, 0.25) is 0 Å². The maximum atomic E-state index is 11.4. The maximum Gasteiger partial charge on any atom is 0.326 e. The minimum Gasteiger partial charge on any atom is -0.307 e. The van der Waals surface area contributed by atoms with Gasteiger partial charge in [-0.1, -0.05) is 6.58 Å². The highest BCUT2D eigenvalue weighted by molar-refractivity contribution is 7.10. The Morgan fingerprint density at radius 2 is 2.20 bits per heavy atom.